The molecule has 1 aliphatic rings. The molecule has 1 rings (SSSR count). The third-order valence-corrected chi connectivity index (χ3v) is 2.32. The number of carbonyl (C=O) groups is 1. The maximum atomic E-state index is 11.2. The van der Waals surface area contributed by atoms with Gasteiger partial charge in [0.1, 0.15) is 0 Å². The van der Waals surface area contributed by atoms with E-state index >= 15 is 0 Å². The van der Waals surface area contributed by atoms with E-state index in [1.165, 1.54) is 6.08 Å². The molecule has 12 heavy (non-hydrogen) atoms. The van der Waals surface area contributed by atoms with E-state index in [0.717, 1.165) is 0 Å². The van der Waals surface area contributed by atoms with Gasteiger partial charge in [0.2, 0.25) is 5.91 Å². The van der Waals surface area contributed by atoms with Gasteiger partial charge in [-0.05, 0) is 5.92 Å². The standard InChI is InChI=1S/C9H15NO2/c1-4-6-8(11)7(5(2)3)10-9(6)12/h4-8,11H,1H2,2-3H3,(H,10,12)/t6?,7-,8?/m0/s1. The second kappa shape index (κ2) is 3.27. The van der Waals surface area contributed by atoms with Gasteiger partial charge in [-0.2, -0.15) is 0 Å². The molecule has 0 aromatic rings. The van der Waals surface area contributed by atoms with Gasteiger partial charge in [0, 0.05) is 0 Å². The van der Waals surface area contributed by atoms with Crippen molar-refractivity contribution in [2.75, 3.05) is 0 Å². The summed E-state index contributed by atoms with van der Waals surface area (Å²) in [5, 5.41) is 12.4. The molecule has 2 N–H and O–H groups in total. The highest BCUT2D eigenvalue weighted by Crippen LogP contribution is 2.22. The van der Waals surface area contributed by atoms with Crippen LogP contribution < -0.4 is 5.32 Å². The summed E-state index contributed by atoms with van der Waals surface area (Å²) < 4.78 is 0. The van der Waals surface area contributed by atoms with Crippen molar-refractivity contribution in [1.29, 1.82) is 0 Å². The number of aliphatic hydroxyl groups is 1. The summed E-state index contributed by atoms with van der Waals surface area (Å²) in [6.45, 7) is 7.46. The molecule has 3 heteroatoms. The molecule has 0 aromatic heterocycles. The molecule has 0 bridgehead atoms. The highest BCUT2D eigenvalue weighted by molar-refractivity contribution is 5.84. The molecule has 2 unspecified atom stereocenters. The van der Waals surface area contributed by atoms with Crippen molar-refractivity contribution in [1.82, 2.24) is 5.32 Å². The second-order valence-corrected chi connectivity index (χ2v) is 3.53. The Morgan fingerprint density at radius 3 is 2.50 bits per heavy atom. The van der Waals surface area contributed by atoms with Crippen molar-refractivity contribution in [3.63, 3.8) is 0 Å². The first kappa shape index (κ1) is 9.26. The Morgan fingerprint density at radius 1 is 1.67 bits per heavy atom. The molecule has 1 fully saturated rings. The summed E-state index contributed by atoms with van der Waals surface area (Å²) in [6, 6.07) is -0.125. The lowest BCUT2D eigenvalue weighted by atomic mass is 9.94. The SMILES string of the molecule is C=CC1C(=O)N[C@@H](C(C)C)C1O. The average Bonchev–Trinajstić information content (AvgIpc) is 2.27. The van der Waals surface area contributed by atoms with Crippen molar-refractivity contribution < 1.29 is 9.90 Å². The fourth-order valence-corrected chi connectivity index (χ4v) is 1.53. The van der Waals surface area contributed by atoms with Gasteiger partial charge < -0.3 is 10.4 Å². The summed E-state index contributed by atoms with van der Waals surface area (Å²) in [5.41, 5.74) is 0. The van der Waals surface area contributed by atoms with Crippen molar-refractivity contribution >= 4 is 5.91 Å². The van der Waals surface area contributed by atoms with Crippen LogP contribution in [0, 0.1) is 11.8 Å². The minimum absolute atomic E-state index is 0.115. The van der Waals surface area contributed by atoms with Crippen LogP contribution in [0.25, 0.3) is 0 Å². The minimum Gasteiger partial charge on any atom is -0.390 e. The largest absolute Gasteiger partial charge is 0.390 e. The molecule has 1 heterocycles. The predicted molar refractivity (Wildman–Crippen MR) is 46.5 cm³/mol. The highest BCUT2D eigenvalue weighted by atomic mass is 16.3. The van der Waals surface area contributed by atoms with Crippen LogP contribution in [0.15, 0.2) is 12.7 Å². The Balaban J connectivity index is 2.74. The second-order valence-electron chi connectivity index (χ2n) is 3.53. The Morgan fingerprint density at radius 2 is 2.25 bits per heavy atom. The molecular weight excluding hydrogens is 154 g/mol. The van der Waals surface area contributed by atoms with Crippen LogP contribution in [-0.2, 0) is 4.79 Å². The van der Waals surface area contributed by atoms with Gasteiger partial charge in [-0.25, -0.2) is 0 Å². The fraction of sp³-hybridized carbons (Fsp3) is 0.667. The van der Waals surface area contributed by atoms with E-state index in [9.17, 15) is 9.90 Å². The molecular formula is C9H15NO2. The zero-order valence-corrected chi connectivity index (χ0v) is 7.45. The van der Waals surface area contributed by atoms with Gasteiger partial charge >= 0.3 is 0 Å². The van der Waals surface area contributed by atoms with Crippen LogP contribution in [0.3, 0.4) is 0 Å². The van der Waals surface area contributed by atoms with Crippen LogP contribution in [-0.4, -0.2) is 23.2 Å². The van der Waals surface area contributed by atoms with E-state index in [2.05, 4.69) is 11.9 Å². The molecule has 1 saturated heterocycles. The molecule has 1 amide bonds. The zero-order valence-electron chi connectivity index (χ0n) is 7.45. The minimum atomic E-state index is -0.616. The third kappa shape index (κ3) is 1.37. The number of hydrogen-bond acceptors (Lipinski definition) is 2. The number of hydrogen-bond donors (Lipinski definition) is 2. The van der Waals surface area contributed by atoms with Crippen molar-refractivity contribution in [3.8, 4) is 0 Å². The molecule has 68 valence electrons. The van der Waals surface area contributed by atoms with E-state index in [0.29, 0.717) is 0 Å². The lowest BCUT2D eigenvalue weighted by molar-refractivity contribution is -0.122. The number of aliphatic hydroxyl groups excluding tert-OH is 1. The van der Waals surface area contributed by atoms with Crippen LogP contribution >= 0.6 is 0 Å². The van der Waals surface area contributed by atoms with Crippen LogP contribution in [0.4, 0.5) is 0 Å². The Hall–Kier alpha value is -0.830. The maximum absolute atomic E-state index is 11.2. The van der Waals surface area contributed by atoms with Gasteiger partial charge in [0.05, 0.1) is 18.1 Å². The smallest absolute Gasteiger partial charge is 0.229 e. The van der Waals surface area contributed by atoms with E-state index < -0.39 is 12.0 Å². The molecule has 0 radical (unpaired) electrons. The Labute approximate surface area is 72.5 Å². The number of nitrogens with one attached hydrogen (secondary N) is 1. The first-order valence-corrected chi connectivity index (χ1v) is 4.19. The van der Waals surface area contributed by atoms with E-state index in [1.807, 2.05) is 13.8 Å². The number of amides is 1. The maximum Gasteiger partial charge on any atom is 0.229 e. The molecule has 0 aliphatic carbocycles. The lowest BCUT2D eigenvalue weighted by Gasteiger charge is -2.18. The van der Waals surface area contributed by atoms with Crippen molar-refractivity contribution in [2.24, 2.45) is 11.8 Å². The summed E-state index contributed by atoms with van der Waals surface area (Å²) in [4.78, 5) is 11.2. The monoisotopic (exact) mass is 169 g/mol. The van der Waals surface area contributed by atoms with Crippen LogP contribution in [0.2, 0.25) is 0 Å². The van der Waals surface area contributed by atoms with Gasteiger partial charge in [0.25, 0.3) is 0 Å². The normalized spacial score (nSPS) is 35.3. The molecule has 0 spiro atoms. The van der Waals surface area contributed by atoms with Crippen LogP contribution in [0.5, 0.6) is 0 Å². The summed E-state index contributed by atoms with van der Waals surface area (Å²) in [5.74, 6) is -0.289. The molecule has 0 saturated carbocycles. The number of carbonyl (C=O) groups excluding carboxylic acids is 1. The third-order valence-electron chi connectivity index (χ3n) is 2.32. The lowest BCUT2D eigenvalue weighted by Crippen LogP contribution is -2.36. The first-order valence-electron chi connectivity index (χ1n) is 4.19. The van der Waals surface area contributed by atoms with Gasteiger partial charge in [0.15, 0.2) is 0 Å². The summed E-state index contributed by atoms with van der Waals surface area (Å²) >= 11 is 0. The van der Waals surface area contributed by atoms with E-state index in [1.54, 1.807) is 0 Å². The topological polar surface area (TPSA) is 49.3 Å². The number of rotatable bonds is 2. The Kier molecular flexibility index (Phi) is 2.52. The predicted octanol–water partition coefficient (Wildman–Crippen LogP) is 0.304. The quantitative estimate of drug-likeness (QED) is 0.584. The zero-order chi connectivity index (χ0) is 9.30. The molecule has 0 aromatic carbocycles. The van der Waals surface area contributed by atoms with Gasteiger partial charge in [-0.1, -0.05) is 19.9 Å². The summed E-state index contributed by atoms with van der Waals surface area (Å²) in [6.07, 6.45) is 0.887. The van der Waals surface area contributed by atoms with E-state index in [-0.39, 0.29) is 17.9 Å². The van der Waals surface area contributed by atoms with Gasteiger partial charge in [-0.15, -0.1) is 6.58 Å². The average molecular weight is 169 g/mol. The van der Waals surface area contributed by atoms with Gasteiger partial charge in [-0.3, -0.25) is 4.79 Å². The molecule has 1 aliphatic heterocycles. The molecule has 3 nitrogen and oxygen atoms in total. The highest BCUT2D eigenvalue weighted by Gasteiger charge is 2.40. The Bertz CT molecular complexity index is 201. The summed E-state index contributed by atoms with van der Waals surface area (Å²) in [7, 11) is 0. The van der Waals surface area contributed by atoms with Crippen LogP contribution in [0.1, 0.15) is 13.8 Å². The molecule has 3 atom stereocenters. The first-order chi connectivity index (χ1) is 5.57. The van der Waals surface area contributed by atoms with E-state index in [4.69, 9.17) is 0 Å². The van der Waals surface area contributed by atoms with Crippen molar-refractivity contribution in [2.45, 2.75) is 26.0 Å². The fourth-order valence-electron chi connectivity index (χ4n) is 1.53. The van der Waals surface area contributed by atoms with Crippen molar-refractivity contribution in [3.05, 3.63) is 12.7 Å².